The molecule has 0 bridgehead atoms. The summed E-state index contributed by atoms with van der Waals surface area (Å²) in [6.07, 6.45) is 0.734. The summed E-state index contributed by atoms with van der Waals surface area (Å²) in [7, 11) is 1.78. The maximum Gasteiger partial charge on any atom is 0.236 e. The van der Waals surface area contributed by atoms with E-state index in [4.69, 9.17) is 41.9 Å². The van der Waals surface area contributed by atoms with Crippen LogP contribution in [0.4, 0.5) is 41.4 Å². The Balaban J connectivity index is 0.000000158. The number of para-hydroxylation sites is 2. The van der Waals surface area contributed by atoms with Crippen molar-refractivity contribution < 1.29 is 18.9 Å². The molecule has 0 aliphatic carbocycles. The van der Waals surface area contributed by atoms with Gasteiger partial charge in [-0.2, -0.15) is 29.9 Å². The molecule has 0 radical (unpaired) electrons. The second-order valence-electron chi connectivity index (χ2n) is 8.12. The number of nitrogen functional groups attached to an aromatic ring is 4. The fraction of sp³-hybridized carbons (Fsp3) is 0.217. The third-order valence-electron chi connectivity index (χ3n) is 5.52. The first-order valence-electron chi connectivity index (χ1n) is 11.6. The normalized spacial score (nSPS) is 12.4. The van der Waals surface area contributed by atoms with Crippen molar-refractivity contribution in [1.29, 1.82) is 0 Å². The molecule has 0 amide bonds. The van der Waals surface area contributed by atoms with Crippen LogP contribution in [0.1, 0.15) is 5.56 Å². The lowest BCUT2D eigenvalue weighted by Crippen LogP contribution is -2.16. The molecule has 2 aliphatic heterocycles. The molecule has 2 aliphatic rings. The number of rotatable bonds is 6. The van der Waals surface area contributed by atoms with E-state index in [0.717, 1.165) is 29.2 Å². The molecule has 202 valence electrons. The molecule has 2 aromatic carbocycles. The minimum absolute atomic E-state index is 0.0686. The summed E-state index contributed by atoms with van der Waals surface area (Å²) >= 11 is 0. The Hall–Kier alpha value is -5.54. The number of hydrogen-bond donors (Lipinski definition) is 5. The quantitative estimate of drug-likeness (QED) is 0.231. The van der Waals surface area contributed by atoms with Crippen LogP contribution in [-0.4, -0.2) is 57.1 Å². The molecule has 0 saturated carbocycles. The molecule has 4 heterocycles. The molecule has 6 rings (SSSR count). The van der Waals surface area contributed by atoms with Gasteiger partial charge in [-0.1, -0.05) is 18.2 Å². The molecule has 0 saturated heterocycles. The van der Waals surface area contributed by atoms with Crippen LogP contribution in [0.2, 0.25) is 0 Å². The summed E-state index contributed by atoms with van der Waals surface area (Å²) in [4.78, 5) is 25.1. The van der Waals surface area contributed by atoms with Gasteiger partial charge in [-0.15, -0.1) is 0 Å². The first kappa shape index (κ1) is 25.1. The van der Waals surface area contributed by atoms with Crippen LogP contribution in [0.3, 0.4) is 0 Å². The van der Waals surface area contributed by atoms with Crippen molar-refractivity contribution in [1.82, 2.24) is 29.9 Å². The first-order valence-corrected chi connectivity index (χ1v) is 11.6. The van der Waals surface area contributed by atoms with Crippen molar-refractivity contribution in [3.8, 4) is 23.0 Å². The summed E-state index contributed by atoms with van der Waals surface area (Å²) in [5.41, 5.74) is 23.9. The standard InChI is InChI=1S/C12H14N6O2.C11H12N6O2/c13-10-16-11(14)18-12(17-10)15-5-4-7-2-1-3-8-9(7)20-6-19-8;1-17(11-15-9(12)14-10(13)16-11)6-3-2-4-7-8(6)19-5-18-7/h1-3H,4-6H2,(H5,13,14,15,16,17,18);2-4H,5H2,1H3,(H4,12,13,14,15,16). The lowest BCUT2D eigenvalue weighted by atomic mass is 10.1. The largest absolute Gasteiger partial charge is 0.454 e. The number of hydrogen-bond acceptors (Lipinski definition) is 16. The zero-order valence-corrected chi connectivity index (χ0v) is 20.9. The SMILES string of the molecule is CN(c1nc(N)nc(N)n1)c1cccc2c1OCO2.Nc1nc(N)nc(NCCc2cccc3c2OCO3)n1. The van der Waals surface area contributed by atoms with Crippen molar-refractivity contribution in [2.45, 2.75) is 6.42 Å². The molecule has 0 atom stereocenters. The number of aromatic nitrogens is 6. The van der Waals surface area contributed by atoms with E-state index in [1.165, 1.54) is 0 Å². The van der Waals surface area contributed by atoms with Gasteiger partial charge in [-0.3, -0.25) is 0 Å². The minimum Gasteiger partial charge on any atom is -0.454 e. The highest BCUT2D eigenvalue weighted by Crippen LogP contribution is 2.42. The van der Waals surface area contributed by atoms with Gasteiger partial charge in [0.2, 0.25) is 49.3 Å². The lowest BCUT2D eigenvalue weighted by Gasteiger charge is -2.18. The molecule has 0 unspecified atom stereocenters. The van der Waals surface area contributed by atoms with Crippen molar-refractivity contribution in [3.05, 3.63) is 42.0 Å². The van der Waals surface area contributed by atoms with E-state index < -0.39 is 0 Å². The van der Waals surface area contributed by atoms with Gasteiger partial charge in [0.25, 0.3) is 0 Å². The van der Waals surface area contributed by atoms with Crippen LogP contribution in [0.25, 0.3) is 0 Å². The summed E-state index contributed by atoms with van der Waals surface area (Å²) < 4.78 is 21.5. The summed E-state index contributed by atoms with van der Waals surface area (Å²) in [6.45, 7) is 1.07. The maximum atomic E-state index is 5.56. The average Bonchev–Trinajstić information content (AvgIpc) is 3.57. The molecular weight excluding hydrogens is 508 g/mol. The van der Waals surface area contributed by atoms with Crippen molar-refractivity contribution in [3.63, 3.8) is 0 Å². The average molecular weight is 535 g/mol. The molecule has 0 spiro atoms. The summed E-state index contributed by atoms with van der Waals surface area (Å²) in [6, 6.07) is 11.4. The third kappa shape index (κ3) is 5.74. The van der Waals surface area contributed by atoms with Crippen LogP contribution in [0.5, 0.6) is 23.0 Å². The van der Waals surface area contributed by atoms with Gasteiger partial charge in [-0.25, -0.2) is 0 Å². The van der Waals surface area contributed by atoms with Gasteiger partial charge in [-0.05, 0) is 30.2 Å². The van der Waals surface area contributed by atoms with E-state index in [0.29, 0.717) is 29.9 Å². The Morgan fingerprint density at radius 1 is 0.718 bits per heavy atom. The molecule has 39 heavy (non-hydrogen) atoms. The van der Waals surface area contributed by atoms with Gasteiger partial charge < -0.3 is 52.1 Å². The van der Waals surface area contributed by atoms with E-state index >= 15 is 0 Å². The Kier molecular flexibility index (Phi) is 6.98. The maximum absolute atomic E-state index is 5.56. The first-order chi connectivity index (χ1) is 18.9. The van der Waals surface area contributed by atoms with Crippen LogP contribution in [0, 0.1) is 0 Å². The molecule has 0 fully saturated rings. The van der Waals surface area contributed by atoms with Crippen LogP contribution >= 0.6 is 0 Å². The highest BCUT2D eigenvalue weighted by Gasteiger charge is 2.22. The Labute approximate surface area is 222 Å². The van der Waals surface area contributed by atoms with E-state index in [-0.39, 0.29) is 37.4 Å². The van der Waals surface area contributed by atoms with Crippen LogP contribution in [-0.2, 0) is 6.42 Å². The Morgan fingerprint density at radius 2 is 1.28 bits per heavy atom. The molecular formula is C23H26N12O4. The van der Waals surface area contributed by atoms with E-state index in [1.807, 2.05) is 36.4 Å². The fourth-order valence-electron chi connectivity index (χ4n) is 3.82. The van der Waals surface area contributed by atoms with Gasteiger partial charge in [0.15, 0.2) is 23.0 Å². The second-order valence-corrected chi connectivity index (χ2v) is 8.12. The number of benzene rings is 2. The summed E-state index contributed by atoms with van der Waals surface area (Å²) in [5.74, 6) is 3.92. The van der Waals surface area contributed by atoms with Gasteiger partial charge in [0, 0.05) is 13.6 Å². The Bertz CT molecular complexity index is 1450. The molecule has 9 N–H and O–H groups in total. The number of anilines is 7. The monoisotopic (exact) mass is 534 g/mol. The second kappa shape index (κ2) is 10.8. The van der Waals surface area contributed by atoms with Crippen molar-refractivity contribution >= 4 is 41.4 Å². The zero-order valence-electron chi connectivity index (χ0n) is 20.9. The fourth-order valence-corrected chi connectivity index (χ4v) is 3.82. The lowest BCUT2D eigenvalue weighted by molar-refractivity contribution is 0.173. The zero-order chi connectivity index (χ0) is 27.4. The van der Waals surface area contributed by atoms with Gasteiger partial charge in [0.05, 0.1) is 5.69 Å². The molecule has 2 aromatic heterocycles. The van der Waals surface area contributed by atoms with Crippen LogP contribution < -0.4 is 52.1 Å². The molecule has 4 aromatic rings. The highest BCUT2D eigenvalue weighted by atomic mass is 16.7. The van der Waals surface area contributed by atoms with E-state index in [2.05, 4.69) is 35.2 Å². The third-order valence-corrected chi connectivity index (χ3v) is 5.52. The van der Waals surface area contributed by atoms with E-state index in [9.17, 15) is 0 Å². The van der Waals surface area contributed by atoms with Gasteiger partial charge in [0.1, 0.15) is 0 Å². The van der Waals surface area contributed by atoms with Crippen LogP contribution in [0.15, 0.2) is 36.4 Å². The Morgan fingerprint density at radius 3 is 1.95 bits per heavy atom. The van der Waals surface area contributed by atoms with Crippen molar-refractivity contribution in [2.75, 3.05) is 60.3 Å². The van der Waals surface area contributed by atoms with E-state index in [1.54, 1.807) is 11.9 Å². The number of fused-ring (bicyclic) bond motifs is 2. The number of nitrogens with two attached hydrogens (primary N) is 4. The smallest absolute Gasteiger partial charge is 0.236 e. The summed E-state index contributed by atoms with van der Waals surface area (Å²) in [5, 5.41) is 3.05. The predicted octanol–water partition coefficient (Wildman–Crippen LogP) is 0.952. The van der Waals surface area contributed by atoms with Gasteiger partial charge >= 0.3 is 0 Å². The number of nitrogens with zero attached hydrogens (tertiary/aromatic N) is 7. The number of nitrogens with one attached hydrogen (secondary N) is 1. The minimum atomic E-state index is 0.0686. The number of ether oxygens (including phenoxy) is 4. The highest BCUT2D eigenvalue weighted by molar-refractivity contribution is 5.70. The predicted molar refractivity (Wildman–Crippen MR) is 143 cm³/mol. The molecule has 16 nitrogen and oxygen atoms in total. The van der Waals surface area contributed by atoms with Crippen molar-refractivity contribution in [2.24, 2.45) is 0 Å². The molecule has 16 heteroatoms. The topological polar surface area (TPSA) is 234 Å².